The lowest BCUT2D eigenvalue weighted by Gasteiger charge is -2.29. The van der Waals surface area contributed by atoms with Crippen molar-refractivity contribution in [3.05, 3.63) is 12.0 Å². The molecule has 0 saturated carbocycles. The van der Waals surface area contributed by atoms with E-state index in [4.69, 9.17) is 5.73 Å². The molecule has 1 aliphatic rings. The molecule has 1 aliphatic heterocycles. The maximum atomic E-state index is 11.4. The van der Waals surface area contributed by atoms with Crippen molar-refractivity contribution >= 4 is 15.9 Å². The summed E-state index contributed by atoms with van der Waals surface area (Å²) < 4.78 is 24.0. The van der Waals surface area contributed by atoms with Crippen LogP contribution < -0.4 is 5.73 Å². The van der Waals surface area contributed by atoms with Gasteiger partial charge in [-0.05, 0) is 12.8 Å². The molecule has 0 spiro atoms. The van der Waals surface area contributed by atoms with Crippen molar-refractivity contribution in [2.75, 3.05) is 13.1 Å². The van der Waals surface area contributed by atoms with E-state index in [0.717, 1.165) is 5.41 Å². The van der Waals surface area contributed by atoms with E-state index in [0.29, 0.717) is 19.4 Å². The van der Waals surface area contributed by atoms with Gasteiger partial charge in [-0.1, -0.05) is 6.58 Å². The van der Waals surface area contributed by atoms with Crippen molar-refractivity contribution in [2.24, 2.45) is 11.7 Å². The van der Waals surface area contributed by atoms with Gasteiger partial charge in [0.15, 0.2) is 0 Å². The van der Waals surface area contributed by atoms with E-state index in [2.05, 4.69) is 6.58 Å². The fraction of sp³-hybridized carbons (Fsp3) is 0.625. The number of primary amides is 1. The van der Waals surface area contributed by atoms with Gasteiger partial charge in [-0.2, -0.15) is 4.31 Å². The van der Waals surface area contributed by atoms with E-state index in [1.807, 2.05) is 0 Å². The fourth-order valence-electron chi connectivity index (χ4n) is 1.51. The summed E-state index contributed by atoms with van der Waals surface area (Å²) >= 11 is 0. The summed E-state index contributed by atoms with van der Waals surface area (Å²) in [6.07, 6.45) is 1.33. The van der Waals surface area contributed by atoms with E-state index >= 15 is 0 Å². The lowest BCUT2D eigenvalue weighted by atomic mass is 9.99. The highest BCUT2D eigenvalue weighted by Gasteiger charge is 2.29. The van der Waals surface area contributed by atoms with Crippen molar-refractivity contribution in [1.82, 2.24) is 4.31 Å². The van der Waals surface area contributed by atoms with Crippen LogP contribution >= 0.6 is 0 Å². The molecule has 0 aliphatic carbocycles. The molecule has 2 N–H and O–H groups in total. The van der Waals surface area contributed by atoms with Crippen LogP contribution in [0.5, 0.6) is 0 Å². The smallest absolute Gasteiger partial charge is 0.235 e. The van der Waals surface area contributed by atoms with E-state index in [1.165, 1.54) is 4.31 Å². The van der Waals surface area contributed by atoms with Crippen LogP contribution in [0.4, 0.5) is 0 Å². The molecule has 1 heterocycles. The number of sulfonamides is 1. The fourth-order valence-corrected chi connectivity index (χ4v) is 2.49. The normalized spacial score (nSPS) is 24.4. The van der Waals surface area contributed by atoms with Gasteiger partial charge in [-0.3, -0.25) is 4.79 Å². The van der Waals surface area contributed by atoms with E-state index in [-0.39, 0.29) is 12.5 Å². The van der Waals surface area contributed by atoms with Gasteiger partial charge in [0.1, 0.15) is 0 Å². The lowest BCUT2D eigenvalue weighted by Crippen LogP contribution is -2.43. The van der Waals surface area contributed by atoms with Crippen molar-refractivity contribution in [1.29, 1.82) is 0 Å². The molecule has 0 bridgehead atoms. The molecule has 1 atom stereocenters. The molecule has 1 fully saturated rings. The second-order valence-corrected chi connectivity index (χ2v) is 5.19. The van der Waals surface area contributed by atoms with Gasteiger partial charge in [-0.25, -0.2) is 8.42 Å². The minimum absolute atomic E-state index is 0.184. The lowest BCUT2D eigenvalue weighted by molar-refractivity contribution is -0.122. The molecule has 80 valence electrons. The van der Waals surface area contributed by atoms with E-state index in [1.54, 1.807) is 0 Å². The molecule has 6 heteroatoms. The Bertz CT molecular complexity index is 336. The van der Waals surface area contributed by atoms with Crippen LogP contribution in [0.3, 0.4) is 0 Å². The number of hydrogen-bond donors (Lipinski definition) is 1. The predicted octanol–water partition coefficient (Wildman–Crippen LogP) is -0.343. The average Bonchev–Trinajstić information content (AvgIpc) is 2.18. The van der Waals surface area contributed by atoms with Gasteiger partial charge in [0.05, 0.1) is 5.92 Å². The topological polar surface area (TPSA) is 80.5 Å². The highest BCUT2D eigenvalue weighted by atomic mass is 32.2. The first-order chi connectivity index (χ1) is 6.47. The number of nitrogens with two attached hydrogens (primary N) is 1. The summed E-state index contributed by atoms with van der Waals surface area (Å²) in [7, 11) is -3.40. The molecule has 1 saturated heterocycles. The number of hydrogen-bond acceptors (Lipinski definition) is 3. The molecule has 1 rings (SSSR count). The minimum Gasteiger partial charge on any atom is -0.369 e. The molecule has 14 heavy (non-hydrogen) atoms. The Hall–Kier alpha value is -0.880. The molecule has 0 unspecified atom stereocenters. The molecule has 0 aromatic rings. The van der Waals surface area contributed by atoms with Crippen LogP contribution in [0.25, 0.3) is 0 Å². The van der Waals surface area contributed by atoms with Gasteiger partial charge in [0, 0.05) is 18.5 Å². The Morgan fingerprint density at radius 3 is 2.71 bits per heavy atom. The summed E-state index contributed by atoms with van der Waals surface area (Å²) in [6.45, 7) is 3.86. The summed E-state index contributed by atoms with van der Waals surface area (Å²) in [6, 6.07) is 0. The van der Waals surface area contributed by atoms with Crippen LogP contribution in [0.15, 0.2) is 12.0 Å². The Kier molecular flexibility index (Phi) is 3.28. The maximum absolute atomic E-state index is 11.4. The first-order valence-corrected chi connectivity index (χ1v) is 5.89. The van der Waals surface area contributed by atoms with E-state index in [9.17, 15) is 13.2 Å². The maximum Gasteiger partial charge on any atom is 0.235 e. The summed E-state index contributed by atoms with van der Waals surface area (Å²) in [5.74, 6) is -0.799. The van der Waals surface area contributed by atoms with Crippen molar-refractivity contribution in [3.63, 3.8) is 0 Å². The zero-order valence-electron chi connectivity index (χ0n) is 7.85. The van der Waals surface area contributed by atoms with Gasteiger partial charge in [0.25, 0.3) is 0 Å². The van der Waals surface area contributed by atoms with Gasteiger partial charge in [0.2, 0.25) is 15.9 Å². The standard InChI is InChI=1S/C8H14N2O3S/c1-2-14(12,13)10-5-3-4-7(6-10)8(9)11/h2,7H,1,3-6H2,(H2,9,11)/t7-/m0/s1. The Labute approximate surface area is 83.6 Å². The second kappa shape index (κ2) is 4.10. The third kappa shape index (κ3) is 2.33. The number of carbonyl (C=O) groups excluding carboxylic acids is 1. The minimum atomic E-state index is -3.40. The monoisotopic (exact) mass is 218 g/mol. The van der Waals surface area contributed by atoms with Crippen LogP contribution in [0, 0.1) is 5.92 Å². The third-order valence-corrected chi connectivity index (χ3v) is 3.83. The summed E-state index contributed by atoms with van der Waals surface area (Å²) in [4.78, 5) is 10.9. The van der Waals surface area contributed by atoms with Crippen LogP contribution in [-0.2, 0) is 14.8 Å². The zero-order chi connectivity index (χ0) is 10.8. The van der Waals surface area contributed by atoms with Gasteiger partial charge >= 0.3 is 0 Å². The van der Waals surface area contributed by atoms with Gasteiger partial charge in [-0.15, -0.1) is 0 Å². The first kappa shape index (κ1) is 11.2. The Balaban J connectivity index is 2.75. The number of amides is 1. The molecule has 0 aromatic carbocycles. The number of nitrogens with zero attached hydrogens (tertiary/aromatic N) is 1. The Morgan fingerprint density at radius 1 is 1.57 bits per heavy atom. The van der Waals surface area contributed by atoms with Gasteiger partial charge < -0.3 is 5.73 Å². The highest BCUT2D eigenvalue weighted by Crippen LogP contribution is 2.19. The van der Waals surface area contributed by atoms with Crippen molar-refractivity contribution < 1.29 is 13.2 Å². The third-order valence-electron chi connectivity index (χ3n) is 2.36. The molecular weight excluding hydrogens is 204 g/mol. The molecule has 0 aromatic heterocycles. The SMILES string of the molecule is C=CS(=O)(=O)N1CCC[C@H](C(N)=O)C1. The van der Waals surface area contributed by atoms with Crippen LogP contribution in [0.2, 0.25) is 0 Å². The number of carbonyl (C=O) groups is 1. The number of piperidine rings is 1. The average molecular weight is 218 g/mol. The van der Waals surface area contributed by atoms with Crippen LogP contribution in [-0.4, -0.2) is 31.7 Å². The Morgan fingerprint density at radius 2 is 2.21 bits per heavy atom. The summed E-state index contributed by atoms with van der Waals surface area (Å²) in [5.41, 5.74) is 5.13. The molecule has 5 nitrogen and oxygen atoms in total. The zero-order valence-corrected chi connectivity index (χ0v) is 8.66. The molecular formula is C8H14N2O3S. The van der Waals surface area contributed by atoms with Crippen LogP contribution in [0.1, 0.15) is 12.8 Å². The predicted molar refractivity (Wildman–Crippen MR) is 52.6 cm³/mol. The van der Waals surface area contributed by atoms with Crippen molar-refractivity contribution in [3.8, 4) is 0 Å². The quantitative estimate of drug-likeness (QED) is 0.703. The second-order valence-electron chi connectivity index (χ2n) is 3.31. The molecule has 1 amide bonds. The largest absolute Gasteiger partial charge is 0.369 e. The number of rotatable bonds is 3. The summed E-state index contributed by atoms with van der Waals surface area (Å²) in [5, 5.41) is 0.899. The van der Waals surface area contributed by atoms with E-state index < -0.39 is 15.9 Å². The first-order valence-electron chi connectivity index (χ1n) is 4.39. The molecule has 0 radical (unpaired) electrons. The van der Waals surface area contributed by atoms with Crippen molar-refractivity contribution in [2.45, 2.75) is 12.8 Å². The highest BCUT2D eigenvalue weighted by molar-refractivity contribution is 7.92.